The Morgan fingerprint density at radius 2 is 0.926 bits per heavy atom. The number of aromatic nitrogens is 8. The smallest absolute Gasteiger partial charge is 0.394 e. The van der Waals surface area contributed by atoms with E-state index in [1.54, 1.807) is 75.7 Å². The lowest BCUT2D eigenvalue weighted by atomic mass is 9.90. The summed E-state index contributed by atoms with van der Waals surface area (Å²) in [4.78, 5) is 143. The molecule has 5 atom stereocenters. The molecule has 750 valence electrons. The number of fused-ring (bicyclic) bond motifs is 6. The zero-order chi connectivity index (χ0) is 102. The number of benzene rings is 4. The van der Waals surface area contributed by atoms with E-state index in [1.165, 1.54) is 72.6 Å². The highest BCUT2D eigenvalue weighted by Gasteiger charge is 2.24. The first-order chi connectivity index (χ1) is 64.3. The first-order valence-corrected chi connectivity index (χ1v) is 49.9. The van der Waals surface area contributed by atoms with Gasteiger partial charge in [0.25, 0.3) is 27.8 Å². The average molecular weight is 2060 g/mol. The van der Waals surface area contributed by atoms with Crippen LogP contribution in [0.25, 0.3) is 32.7 Å². The van der Waals surface area contributed by atoms with Crippen molar-refractivity contribution in [1.82, 2.24) is 43.9 Å². The van der Waals surface area contributed by atoms with E-state index in [2.05, 4.69) is 116 Å². The van der Waals surface area contributed by atoms with Crippen LogP contribution in [0.15, 0.2) is 110 Å². The number of thiazole rings is 2. The summed E-state index contributed by atoms with van der Waals surface area (Å²) in [7, 11) is 3.39. The molecule has 5 aliphatic heterocycles. The number of carbonyl (C=O) groups is 7. The summed E-state index contributed by atoms with van der Waals surface area (Å²) < 4.78 is 66.5. The predicted octanol–water partition coefficient (Wildman–Crippen LogP) is 17.2. The summed E-state index contributed by atoms with van der Waals surface area (Å²) in [5.41, 5.74) is 14.0. The number of oxime groups is 1. The minimum Gasteiger partial charge on any atom is -0.484 e. The molecule has 36 nitrogen and oxygen atoms in total. The monoisotopic (exact) mass is 2050 g/mol. The molecule has 5 unspecified atom stereocenters. The second kappa shape index (κ2) is 61.9. The molecule has 4 aromatic carbocycles. The number of carboxylic acids is 3. The van der Waals surface area contributed by atoms with Gasteiger partial charge in [0.2, 0.25) is 15.1 Å². The molecule has 5 aromatic heterocycles. The van der Waals surface area contributed by atoms with E-state index in [-0.39, 0.29) is 63.3 Å². The van der Waals surface area contributed by atoms with Gasteiger partial charge >= 0.3 is 28.3 Å². The van der Waals surface area contributed by atoms with E-state index in [1.807, 2.05) is 13.8 Å². The molecule has 2 saturated carbocycles. The van der Waals surface area contributed by atoms with Gasteiger partial charge in [0.15, 0.2) is 16.2 Å². The van der Waals surface area contributed by atoms with Gasteiger partial charge in [-0.15, -0.1) is 35.1 Å². The van der Waals surface area contributed by atoms with Crippen LogP contribution in [-0.4, -0.2) is 166 Å². The van der Waals surface area contributed by atoms with Gasteiger partial charge in [-0.1, -0.05) is 53.6 Å². The third-order valence-electron chi connectivity index (χ3n) is 22.6. The summed E-state index contributed by atoms with van der Waals surface area (Å²) in [5.74, 6) is 8.90. The van der Waals surface area contributed by atoms with Gasteiger partial charge < -0.3 is 47.3 Å². The van der Waals surface area contributed by atoms with Crippen molar-refractivity contribution in [3.63, 3.8) is 0 Å². The number of aliphatic imine (C=N–C) groups is 1. The summed E-state index contributed by atoms with van der Waals surface area (Å²) >= 11 is 8.42. The van der Waals surface area contributed by atoms with Crippen molar-refractivity contribution < 1.29 is 91.5 Å². The fourth-order valence-electron chi connectivity index (χ4n) is 14.4. The number of ether oxygens (including phenoxy) is 1. The van der Waals surface area contributed by atoms with Crippen LogP contribution in [0.4, 0.5) is 20.3 Å². The van der Waals surface area contributed by atoms with Gasteiger partial charge in [0.1, 0.15) is 23.3 Å². The molecule has 3 fully saturated rings. The minimum absolute atomic E-state index is 0. The third kappa shape index (κ3) is 43.2. The first-order valence-electron chi connectivity index (χ1n) is 44.4. The molecule has 9 aromatic rings. The molecule has 2 amide bonds. The second-order valence-corrected chi connectivity index (χ2v) is 39.6. The number of amides is 2. The molecular weight excluding hydrogens is 1930 g/mol. The highest BCUT2D eigenvalue weighted by Crippen LogP contribution is 2.28. The van der Waals surface area contributed by atoms with Crippen molar-refractivity contribution in [3.05, 3.63) is 171 Å². The molecule has 0 bridgehead atoms. The SMILES string of the molecule is CC1CCC(=NO)CC1.CC1CCC(=O)CC1.CC1CCNC(=O)CC1.CC1CCc2nc3cc(C(=O)Cl)ccc3c(=O)n2CC1.CC1CCc2nc3cc(C(=O)O)ccc3c(=O)n2CC1.COC1=NCCC(C)CC1.Cc1cnc(N)s1.Cc1cnc(NC(=O)c2ccc3c(=O)n4c(nc3c2)CCC(C)CC4)s1.Cl.NO.Nc1cc(C(=O)O)ccc1C(=O)O.O=S(=O)(O)O.O=S(Cl)Cl.[2H]CF. The zero-order valence-corrected chi connectivity index (χ0v) is 84.1. The molecule has 1 saturated heterocycles. The highest BCUT2D eigenvalue weighted by molar-refractivity contribution is 8.26. The fraction of sp³-hybridized carbons (Fsp3) is 0.505. The van der Waals surface area contributed by atoms with Gasteiger partial charge in [-0.05, 0) is 242 Å². The number of nitrogens with two attached hydrogens (primary N) is 3. The Balaban J connectivity index is 0.000000401. The molecule has 0 radical (unpaired) electrons. The third-order valence-corrected chi connectivity index (χ3v) is 24.4. The molecule has 15 N–H and O–H groups in total. The predicted molar refractivity (Wildman–Crippen MR) is 534 cm³/mol. The number of ketones is 1. The molecule has 7 aliphatic rings. The Labute approximate surface area is 821 Å². The second-order valence-electron chi connectivity index (χ2n) is 33.4. The quantitative estimate of drug-likeness (QED) is 0.0242. The summed E-state index contributed by atoms with van der Waals surface area (Å²) in [6, 6.07) is 17.9. The van der Waals surface area contributed by atoms with Crippen LogP contribution >= 0.6 is 68.0 Å². The van der Waals surface area contributed by atoms with Crippen molar-refractivity contribution in [1.29, 1.82) is 0 Å². The van der Waals surface area contributed by atoms with Crippen LogP contribution in [0.5, 0.6) is 0 Å². The summed E-state index contributed by atoms with van der Waals surface area (Å²) in [5, 5.41) is 52.1. The van der Waals surface area contributed by atoms with Crippen LogP contribution in [0.3, 0.4) is 0 Å². The maximum Gasteiger partial charge on any atom is 0.394 e. The zero-order valence-electron chi connectivity index (χ0n) is 78.7. The van der Waals surface area contributed by atoms with Gasteiger partial charge in [-0.3, -0.25) is 71.1 Å². The number of anilines is 3. The Morgan fingerprint density at radius 3 is 1.31 bits per heavy atom. The lowest BCUT2D eigenvalue weighted by molar-refractivity contribution is -0.121. The Morgan fingerprint density at radius 1 is 0.559 bits per heavy atom. The Kier molecular flexibility index (Phi) is 53.8. The number of Topliss-reactive ketones (excluding diaryl/α,β-unsaturated/α-hetero) is 1. The van der Waals surface area contributed by atoms with Crippen molar-refractivity contribution in [3.8, 4) is 0 Å². The van der Waals surface area contributed by atoms with Gasteiger partial charge in [-0.25, -0.2) is 49.4 Å². The van der Waals surface area contributed by atoms with Crippen molar-refractivity contribution in [2.75, 3.05) is 44.1 Å². The molecule has 0 spiro atoms. The Hall–Kier alpha value is -10.2. The summed E-state index contributed by atoms with van der Waals surface area (Å²) in [6.45, 7) is 23.4. The van der Waals surface area contributed by atoms with Crippen molar-refractivity contribution in [2.45, 2.75) is 230 Å². The van der Waals surface area contributed by atoms with Gasteiger partial charge in [-0.2, -0.15) is 8.42 Å². The standard InChI is InChI=1S/C19H20N4O2S.C15H15ClN2O2.C15H16N2O3.C8H7NO4.C8H15NO.2C7H13NO.C7H12O.C4H6N2S.CH3F.Cl2OS.ClH.H3NO.H2O4S/c1-11-3-6-16-21-15-9-13(17(24)22-19-20-10-12(2)26-19)4-5-14(15)18(25)23(16)8-7-11;1-9-2-5-13-17-12-8-10(14(16)19)3-4-11(12)15(20)18(13)7-6-9;1-9-2-5-13-16-12-8-10(15(19)20)3-4-11(12)14(18)17(13)7-6-9;9-6-3-4(7(10)11)1-2-5(6)8(12)13;1-7-3-4-8(10-2)9-6-5-7;1-6-2-4-7(8-9)5-3-6;1-6-2-3-7(9)8-5-4-6;1-6-2-4-7(8)5-3-6;1-3-2-6-4(5)7-3;1-2;1-4(2)3;;1-2;1-5(2,3)4/h4-5,9-11H,3,6-8H2,1-2H3,(H,20,22,24);3-4,8-9H,2,5-7H2,1H3;3-4,8-9H,2,5-7H2,1H3,(H,19,20);1-3H,9H2,(H,10,11)(H,12,13);7H,3-6H2,1-2H3;6,9H,2-5H2,1H3;6H,2-5H2,1H3,(H,8,9);6H,2-5H2,1H3;2H,1H3,(H2,5,6);1H3;;1H;2H,1H2;(H2,1,2,3,4)/i;;;;;;;;;1D;;;;. The van der Waals surface area contributed by atoms with E-state index >= 15 is 0 Å². The maximum atomic E-state index is 12.8. The number of aromatic carboxylic acids is 3. The summed E-state index contributed by atoms with van der Waals surface area (Å²) in [6.07, 6.45) is 26.6. The number of nitrogens with zero attached hydrogens (tertiary/aromatic N) is 10. The van der Waals surface area contributed by atoms with Gasteiger partial charge in [0, 0.05) is 138 Å². The number of nitrogens with one attached hydrogen (secondary N) is 2. The molecular formula is C91H126Cl4FN15O21S4. The van der Waals surface area contributed by atoms with E-state index in [0.29, 0.717) is 97.3 Å². The topological polar surface area (TPSA) is 579 Å². The molecule has 45 heteroatoms. The number of carboxylic acid groups (broad SMARTS) is 3. The number of hydrogen-bond acceptors (Lipinski definition) is 28. The molecule has 10 heterocycles. The van der Waals surface area contributed by atoms with Crippen LogP contribution < -0.4 is 44.7 Å². The van der Waals surface area contributed by atoms with Crippen LogP contribution in [-0.2, 0) is 72.8 Å². The van der Waals surface area contributed by atoms with E-state index in [0.717, 1.165) is 204 Å². The highest BCUT2D eigenvalue weighted by atomic mass is 36.0. The fourth-order valence-corrected chi connectivity index (χ4v) is 15.7. The van der Waals surface area contributed by atoms with E-state index in [9.17, 15) is 52.3 Å². The number of nitrogen functional groups attached to an aromatic ring is 2. The van der Waals surface area contributed by atoms with E-state index < -0.39 is 49.9 Å². The lowest BCUT2D eigenvalue weighted by Gasteiger charge is -2.17. The van der Waals surface area contributed by atoms with Gasteiger partial charge in [0.05, 0.1) is 70.7 Å². The lowest BCUT2D eigenvalue weighted by Crippen LogP contribution is -2.24. The first kappa shape index (κ1) is 118. The molecule has 16 rings (SSSR count). The van der Waals surface area contributed by atoms with Crippen molar-refractivity contribution in [2.24, 2.45) is 57.5 Å². The van der Waals surface area contributed by atoms with E-state index in [4.69, 9.17) is 81.6 Å². The van der Waals surface area contributed by atoms with Crippen LogP contribution in [0, 0.1) is 55.3 Å². The minimum atomic E-state index is -4.67. The number of hydrogen-bond donors (Lipinski definition) is 12. The number of alkyl halides is 1. The number of rotatable bonds is 6. The van der Waals surface area contributed by atoms with Crippen molar-refractivity contribution >= 4 is 189 Å². The number of aryl methyl sites for hydroxylation is 5. The average Bonchev–Trinajstić information content (AvgIpc) is 1.75. The van der Waals surface area contributed by atoms with Crippen LogP contribution in [0.1, 0.15) is 257 Å². The Bertz CT molecular complexity index is 5700. The normalized spacial score (nSPS) is 18.1. The van der Waals surface area contributed by atoms with Crippen LogP contribution in [0.2, 0.25) is 0 Å². The maximum absolute atomic E-state index is 12.8. The number of carbonyl (C=O) groups excluding carboxylic acids is 4. The largest absolute Gasteiger partial charge is 0.484 e. The number of halogens is 5. The molecule has 2 aliphatic carbocycles. The molecule has 136 heavy (non-hydrogen) atoms. The number of methoxy groups -OCH3 is 1.